The minimum atomic E-state index is 0.234. The molecule has 2 aliphatic carbocycles. The maximum absolute atomic E-state index is 5.17. The van der Waals surface area contributed by atoms with Crippen molar-refractivity contribution < 1.29 is 0 Å². The highest BCUT2D eigenvalue weighted by atomic mass is 15.1. The first-order valence-electron chi connectivity index (χ1n) is 19.5. The van der Waals surface area contributed by atoms with E-state index in [4.69, 9.17) is 4.98 Å². The number of benzene rings is 8. The summed E-state index contributed by atoms with van der Waals surface area (Å²) in [7, 11) is 0. The molecule has 1 aromatic heterocycles. The number of para-hydroxylation sites is 2. The van der Waals surface area contributed by atoms with Crippen LogP contribution in [0.5, 0.6) is 0 Å². The van der Waals surface area contributed by atoms with Crippen LogP contribution in [-0.4, -0.2) is 9.55 Å². The molecule has 0 radical (unpaired) electrons. The highest BCUT2D eigenvalue weighted by Crippen LogP contribution is 2.38. The second-order valence-corrected chi connectivity index (χ2v) is 14.9. The summed E-state index contributed by atoms with van der Waals surface area (Å²) >= 11 is 0. The molecule has 0 aliphatic heterocycles. The minimum absolute atomic E-state index is 0.234. The summed E-state index contributed by atoms with van der Waals surface area (Å²) in [6.07, 6.45) is 16.8. The zero-order valence-corrected chi connectivity index (χ0v) is 30.5. The number of imidazole rings is 1. The Balaban J connectivity index is 1.11. The van der Waals surface area contributed by atoms with Gasteiger partial charge in [0.25, 0.3) is 0 Å². The van der Waals surface area contributed by atoms with Gasteiger partial charge in [0.05, 0.1) is 17.1 Å². The van der Waals surface area contributed by atoms with Crippen LogP contribution < -0.4 is 10.4 Å². The summed E-state index contributed by atoms with van der Waals surface area (Å²) in [4.78, 5) is 5.17. The quantitative estimate of drug-likeness (QED) is 0.175. The molecule has 0 fully saturated rings. The third kappa shape index (κ3) is 5.36. The van der Waals surface area contributed by atoms with E-state index in [-0.39, 0.29) is 6.04 Å². The number of allylic oxidation sites excluding steroid dienone is 4. The van der Waals surface area contributed by atoms with Gasteiger partial charge in [-0.1, -0.05) is 158 Å². The number of hydrogen-bond donors (Lipinski definition) is 0. The van der Waals surface area contributed by atoms with Gasteiger partial charge in [-0.2, -0.15) is 0 Å². The zero-order chi connectivity index (χ0) is 36.3. The van der Waals surface area contributed by atoms with E-state index in [0.717, 1.165) is 36.2 Å². The fourth-order valence-electron chi connectivity index (χ4n) is 9.05. The molecule has 1 atom stereocenters. The van der Waals surface area contributed by atoms with Crippen LogP contribution in [0.2, 0.25) is 0 Å². The predicted octanol–water partition coefficient (Wildman–Crippen LogP) is 12.6. The Bertz CT molecular complexity index is 3180. The van der Waals surface area contributed by atoms with Gasteiger partial charge < -0.3 is 4.57 Å². The van der Waals surface area contributed by atoms with Crippen LogP contribution in [0.25, 0.3) is 100 Å². The largest absolute Gasteiger partial charge is 0.317 e. The highest BCUT2D eigenvalue weighted by molar-refractivity contribution is 6.09. The van der Waals surface area contributed by atoms with Crippen molar-refractivity contribution in [3.05, 3.63) is 186 Å². The van der Waals surface area contributed by atoms with Gasteiger partial charge in [-0.3, -0.25) is 0 Å². The lowest BCUT2D eigenvalue weighted by atomic mass is 9.84. The second kappa shape index (κ2) is 13.0. The molecule has 2 aliphatic rings. The summed E-state index contributed by atoms with van der Waals surface area (Å²) in [5, 5.41) is 10.3. The molecule has 260 valence electrons. The van der Waals surface area contributed by atoms with Gasteiger partial charge in [0.2, 0.25) is 0 Å². The summed E-state index contributed by atoms with van der Waals surface area (Å²) in [5.41, 5.74) is 10.9. The van der Waals surface area contributed by atoms with E-state index in [1.807, 2.05) is 0 Å². The van der Waals surface area contributed by atoms with Crippen LogP contribution in [0.1, 0.15) is 25.3 Å². The van der Waals surface area contributed by atoms with E-state index in [2.05, 4.69) is 193 Å². The van der Waals surface area contributed by atoms with Crippen molar-refractivity contribution in [3.8, 4) is 44.8 Å². The monoisotopic (exact) mass is 702 g/mol. The highest BCUT2D eigenvalue weighted by Gasteiger charge is 2.20. The Labute approximate surface area is 320 Å². The van der Waals surface area contributed by atoms with Crippen molar-refractivity contribution in [3.63, 3.8) is 0 Å². The zero-order valence-electron chi connectivity index (χ0n) is 30.5. The molecule has 1 heterocycles. The summed E-state index contributed by atoms with van der Waals surface area (Å²) in [6, 6.07) is 56.2. The maximum Gasteiger partial charge on any atom is 0.141 e. The Morgan fingerprint density at radius 1 is 0.473 bits per heavy atom. The average molecular weight is 703 g/mol. The van der Waals surface area contributed by atoms with E-state index in [0.29, 0.717) is 0 Å². The van der Waals surface area contributed by atoms with Crippen molar-refractivity contribution in [1.82, 2.24) is 9.55 Å². The van der Waals surface area contributed by atoms with Crippen LogP contribution in [0, 0.1) is 0 Å². The van der Waals surface area contributed by atoms with Crippen LogP contribution in [0.15, 0.2) is 176 Å². The molecule has 55 heavy (non-hydrogen) atoms. The number of nitrogens with zero attached hydrogens (tertiary/aromatic N) is 2. The third-order valence-corrected chi connectivity index (χ3v) is 11.7. The van der Waals surface area contributed by atoms with E-state index in [1.165, 1.54) is 81.7 Å². The molecule has 2 heteroatoms. The number of hydrogen-bond acceptors (Lipinski definition) is 1. The van der Waals surface area contributed by atoms with Crippen molar-refractivity contribution in [1.29, 1.82) is 0 Å². The van der Waals surface area contributed by atoms with E-state index >= 15 is 0 Å². The van der Waals surface area contributed by atoms with Gasteiger partial charge in [0.1, 0.15) is 5.82 Å². The normalized spacial score (nSPS) is 15.0. The lowest BCUT2D eigenvalue weighted by molar-refractivity contribution is 0.631. The van der Waals surface area contributed by atoms with Crippen LogP contribution in [0.3, 0.4) is 0 Å². The molecule has 0 amide bonds. The SMILES string of the molecule is C1=CCC(n2c(-c3ccc(-c4ccc5c(-c6ccc7ccccc7c6)c6c(c(-c7ccc8ccccc8c7)c5c4)=CCCC=6)cc3)nc3ccccc32)C=C1. The first-order valence-corrected chi connectivity index (χ1v) is 19.5. The molecule has 0 saturated carbocycles. The standard InChI is InChI=1S/C53H38N2/c1-2-16-44(17-3-1)55-50-21-11-10-20-49(50)54-53(55)38-26-22-37(23-27-38)41-30-31-47-48(34-41)52(43-29-25-36-13-5-7-15-40(36)33-43)46-19-9-8-18-45(46)51(47)42-28-24-35-12-4-6-14-39(35)32-42/h1-7,10-16,18-34,44H,8-9,17H2. The molecular weight excluding hydrogens is 665 g/mol. The van der Waals surface area contributed by atoms with Gasteiger partial charge >= 0.3 is 0 Å². The lowest BCUT2D eigenvalue weighted by Gasteiger charge is -2.20. The summed E-state index contributed by atoms with van der Waals surface area (Å²) in [6.45, 7) is 0. The summed E-state index contributed by atoms with van der Waals surface area (Å²) < 4.78 is 2.40. The van der Waals surface area contributed by atoms with Crippen molar-refractivity contribution >= 4 is 55.5 Å². The maximum atomic E-state index is 5.17. The minimum Gasteiger partial charge on any atom is -0.317 e. The Kier molecular flexibility index (Phi) is 7.48. The van der Waals surface area contributed by atoms with Crippen LogP contribution in [-0.2, 0) is 0 Å². The first-order chi connectivity index (χ1) is 27.3. The van der Waals surface area contributed by atoms with Gasteiger partial charge in [0, 0.05) is 5.56 Å². The van der Waals surface area contributed by atoms with Crippen molar-refractivity contribution in [2.45, 2.75) is 25.3 Å². The molecule has 0 bridgehead atoms. The number of rotatable bonds is 5. The molecule has 9 aromatic rings. The van der Waals surface area contributed by atoms with Crippen molar-refractivity contribution in [2.24, 2.45) is 0 Å². The Hall–Kier alpha value is -6.77. The van der Waals surface area contributed by atoms with E-state index < -0.39 is 0 Å². The Morgan fingerprint density at radius 3 is 1.73 bits per heavy atom. The fourth-order valence-corrected chi connectivity index (χ4v) is 9.05. The van der Waals surface area contributed by atoms with Crippen molar-refractivity contribution in [2.75, 3.05) is 0 Å². The van der Waals surface area contributed by atoms with Gasteiger partial charge in [-0.25, -0.2) is 4.98 Å². The van der Waals surface area contributed by atoms with Gasteiger partial charge in [-0.15, -0.1) is 0 Å². The smallest absolute Gasteiger partial charge is 0.141 e. The second-order valence-electron chi connectivity index (χ2n) is 14.9. The molecule has 0 N–H and O–H groups in total. The molecular formula is C53H38N2. The van der Waals surface area contributed by atoms with Crippen LogP contribution in [0.4, 0.5) is 0 Å². The molecule has 2 nitrogen and oxygen atoms in total. The van der Waals surface area contributed by atoms with Gasteiger partial charge in [0.15, 0.2) is 0 Å². The molecule has 0 saturated heterocycles. The Morgan fingerprint density at radius 2 is 1.05 bits per heavy atom. The third-order valence-electron chi connectivity index (χ3n) is 11.7. The van der Waals surface area contributed by atoms with Crippen LogP contribution >= 0.6 is 0 Å². The topological polar surface area (TPSA) is 17.8 Å². The lowest BCUT2D eigenvalue weighted by Crippen LogP contribution is -2.31. The molecule has 1 unspecified atom stereocenters. The summed E-state index contributed by atoms with van der Waals surface area (Å²) in [5.74, 6) is 1.01. The number of aromatic nitrogens is 2. The van der Waals surface area contributed by atoms with Gasteiger partial charge in [-0.05, 0) is 126 Å². The first kappa shape index (κ1) is 31.7. The fraction of sp³-hybridized carbons (Fsp3) is 0.0755. The average Bonchev–Trinajstić information content (AvgIpc) is 3.65. The number of fused-ring (bicyclic) bond motifs is 5. The molecule has 11 rings (SSSR count). The van der Waals surface area contributed by atoms with E-state index in [9.17, 15) is 0 Å². The predicted molar refractivity (Wildman–Crippen MR) is 233 cm³/mol. The molecule has 8 aromatic carbocycles. The molecule has 0 spiro atoms. The van der Waals surface area contributed by atoms with E-state index in [1.54, 1.807) is 0 Å².